The summed E-state index contributed by atoms with van der Waals surface area (Å²) >= 11 is 23.0. The molecule has 0 spiro atoms. The third-order valence-corrected chi connectivity index (χ3v) is 39.1. The second kappa shape index (κ2) is 45.4. The summed E-state index contributed by atoms with van der Waals surface area (Å²) < 4.78 is 0. The van der Waals surface area contributed by atoms with Gasteiger partial charge in [-0.05, 0) is 279 Å². The summed E-state index contributed by atoms with van der Waals surface area (Å²) in [4.78, 5) is 31.3. The van der Waals surface area contributed by atoms with Crippen LogP contribution in [0.1, 0.15) is 244 Å². The molecule has 17 aromatic rings. The van der Waals surface area contributed by atoms with E-state index in [0.29, 0.717) is 0 Å². The number of unbranched alkanes of at least 4 members (excludes halogenated alkanes) is 8. The Morgan fingerprint density at radius 2 is 0.323 bits per heavy atom. The molecular weight excluding hydrogens is 1800 g/mol. The fourth-order valence-electron chi connectivity index (χ4n) is 17.0. The Hall–Kier alpha value is -9.26. The van der Waals surface area contributed by atoms with Crippen LogP contribution in [0.2, 0.25) is 0 Å². The van der Waals surface area contributed by atoms with Crippen LogP contribution in [-0.4, -0.2) is 0 Å². The van der Waals surface area contributed by atoms with Crippen LogP contribution >= 0.6 is 136 Å². The summed E-state index contributed by atoms with van der Waals surface area (Å²) in [7, 11) is 0. The van der Waals surface area contributed by atoms with E-state index in [0.717, 1.165) is 196 Å². The second-order valence-corrected chi connectivity index (χ2v) is 46.2. The Kier molecular flexibility index (Phi) is 32.4. The quantitative estimate of drug-likeness (QED) is 0.0343. The SMILES string of the molecule is CCCCc1c(-c2ccc(C#Cc3cc(C#Cc4ccc(-c5sc(-c6ccc(-c7ccccc7)s6)c(CCCC)c5CCCC)s4)c(C#Cc4ccc(-c5sc(-c6ccc(-c7ccccc7)s6)c(CCCC)c5CCCC)s4)cc3C#Cc3ccc(-c4sc(-c5ccc(-c6ccccc6)s5)c(CCCC)c4CCCC)s3)s2)sc(-c2ccc(-c3ccccc3)s2)c1CCCC. The van der Waals surface area contributed by atoms with Gasteiger partial charge < -0.3 is 0 Å². The van der Waals surface area contributed by atoms with Crippen molar-refractivity contribution in [3.63, 3.8) is 0 Å². The molecule has 0 saturated heterocycles. The van der Waals surface area contributed by atoms with Crippen LogP contribution in [0.25, 0.3) is 120 Å². The van der Waals surface area contributed by atoms with Crippen LogP contribution in [0.5, 0.6) is 0 Å². The van der Waals surface area contributed by atoms with E-state index in [2.05, 4.69) is 333 Å². The van der Waals surface area contributed by atoms with Crippen molar-refractivity contribution in [2.45, 2.75) is 209 Å². The second-order valence-electron chi connectivity index (χ2n) is 33.4. The van der Waals surface area contributed by atoms with Gasteiger partial charge in [-0.1, -0.05) is 275 Å². The number of hydrogen-bond acceptors (Lipinski definition) is 12. The minimum absolute atomic E-state index is 0.843. The Morgan fingerprint density at radius 1 is 0.162 bits per heavy atom. The molecule has 12 heterocycles. The first-order valence-electron chi connectivity index (χ1n) is 47.0. The zero-order chi connectivity index (χ0) is 89.1. The molecule has 130 heavy (non-hydrogen) atoms. The maximum atomic E-state index is 3.86. The zero-order valence-corrected chi connectivity index (χ0v) is 85.6. The van der Waals surface area contributed by atoms with Crippen LogP contribution in [0.3, 0.4) is 0 Å². The molecule has 0 aliphatic heterocycles. The Bertz CT molecular complexity index is 6100. The Balaban J connectivity index is 0.812. The highest BCUT2D eigenvalue weighted by molar-refractivity contribution is 7.30. The smallest absolute Gasteiger partial charge is 0.0779 e. The molecule has 12 heteroatoms. The van der Waals surface area contributed by atoms with Gasteiger partial charge in [0.05, 0.1) is 19.5 Å². The summed E-state index contributed by atoms with van der Waals surface area (Å²) in [5.41, 5.74) is 20.7. The number of hydrogen-bond donors (Lipinski definition) is 0. The minimum Gasteiger partial charge on any atom is -0.134 e. The lowest BCUT2D eigenvalue weighted by Gasteiger charge is -2.08. The normalized spacial score (nSPS) is 11.3. The molecule has 0 bridgehead atoms. The van der Waals surface area contributed by atoms with Crippen molar-refractivity contribution in [3.05, 3.63) is 317 Å². The van der Waals surface area contributed by atoms with Gasteiger partial charge in [-0.3, -0.25) is 0 Å². The molecule has 5 aromatic carbocycles. The van der Waals surface area contributed by atoms with Gasteiger partial charge in [0.2, 0.25) is 0 Å². The molecule has 0 atom stereocenters. The average Bonchev–Trinajstić information content (AvgIpc) is 1.64. The standard InChI is InChI=1S/C118H110S12/c1-9-17-45-91-95(49-21-13-5)115(107-73-69-99(123-107)79-37-29-25-30-38-79)127-111(91)103-65-61-87(119-103)57-53-83-77-85(55-59-89-63-67-105(121-89)113-93(47-19-11-3)97(51-23-15-7)117(129-113)109-75-71-101(125-109)81-41-33-27-34-42-81)86(56-60-90-64-68-106(122-90)114-94(48-20-12-4)98(52-24-16-8)118(130-114)110-76-72-102(126-110)82-43-35-28-36-44-82)78-84(83)54-58-88-62-66-104(120-88)112-92(46-18-10-2)96(50-22-14-6)116(128-112)108-74-70-100(124-108)80-39-31-26-32-40-80/h25-44,61-78H,9-24,45-52H2,1-8H3. The number of rotatable bonds is 36. The average molecular weight is 1910 g/mol. The van der Waals surface area contributed by atoms with E-state index < -0.39 is 0 Å². The molecule has 0 unspecified atom stereocenters. The maximum absolute atomic E-state index is 3.86. The molecule has 0 aliphatic rings. The molecule has 0 nitrogen and oxygen atoms in total. The first kappa shape index (κ1) is 92.6. The van der Waals surface area contributed by atoms with E-state index in [9.17, 15) is 0 Å². The molecule has 0 N–H and O–H groups in total. The fraction of sp³-hybridized carbons (Fsp3) is 0.271. The van der Waals surface area contributed by atoms with E-state index in [4.69, 9.17) is 0 Å². The molecule has 0 radical (unpaired) electrons. The Labute approximate surface area is 821 Å². The summed E-state index contributed by atoms with van der Waals surface area (Å²) in [5.74, 6) is 30.7. The van der Waals surface area contributed by atoms with Crippen molar-refractivity contribution < 1.29 is 0 Å². The Morgan fingerprint density at radius 3 is 0.500 bits per heavy atom. The van der Waals surface area contributed by atoms with Gasteiger partial charge in [-0.2, -0.15) is 0 Å². The fourth-order valence-corrected chi connectivity index (χ4v) is 31.2. The van der Waals surface area contributed by atoms with Crippen LogP contribution in [0.15, 0.2) is 231 Å². The number of benzene rings is 5. The third kappa shape index (κ3) is 21.8. The molecule has 0 saturated carbocycles. The maximum Gasteiger partial charge on any atom is 0.0779 e. The topological polar surface area (TPSA) is 0 Å². The summed E-state index contributed by atoms with van der Waals surface area (Å²) in [6.45, 7) is 18.6. The van der Waals surface area contributed by atoms with E-state index >= 15 is 0 Å². The molecule has 0 aliphatic carbocycles. The molecule has 0 fully saturated rings. The predicted octanol–water partition coefficient (Wildman–Crippen LogP) is 38.8. The molecule has 12 aromatic heterocycles. The van der Waals surface area contributed by atoms with Crippen LogP contribution in [0, 0.1) is 47.4 Å². The lowest BCUT2D eigenvalue weighted by molar-refractivity contribution is 0.764. The third-order valence-electron chi connectivity index (χ3n) is 24.0. The van der Waals surface area contributed by atoms with Crippen LogP contribution in [-0.2, 0) is 51.4 Å². The predicted molar refractivity (Wildman–Crippen MR) is 585 cm³/mol. The largest absolute Gasteiger partial charge is 0.134 e. The van der Waals surface area contributed by atoms with Gasteiger partial charge in [0.25, 0.3) is 0 Å². The van der Waals surface area contributed by atoms with E-state index in [-0.39, 0.29) is 0 Å². The molecule has 654 valence electrons. The minimum atomic E-state index is 0.843. The van der Waals surface area contributed by atoms with Crippen LogP contribution < -0.4 is 0 Å². The number of thiophene rings is 12. The summed E-state index contributed by atoms with van der Waals surface area (Å²) in [5, 5.41) is 0. The van der Waals surface area contributed by atoms with E-state index in [1.54, 1.807) is 0 Å². The van der Waals surface area contributed by atoms with Gasteiger partial charge in [0.15, 0.2) is 0 Å². The van der Waals surface area contributed by atoms with Crippen LogP contribution in [0.4, 0.5) is 0 Å². The van der Waals surface area contributed by atoms with Crippen molar-refractivity contribution in [2.24, 2.45) is 0 Å². The first-order valence-corrected chi connectivity index (χ1v) is 56.8. The van der Waals surface area contributed by atoms with Gasteiger partial charge in [-0.25, -0.2) is 0 Å². The summed E-state index contributed by atoms with van der Waals surface area (Å²) in [6, 6.07) is 85.3. The van der Waals surface area contributed by atoms with Gasteiger partial charge in [-0.15, -0.1) is 136 Å². The highest BCUT2D eigenvalue weighted by Crippen LogP contribution is 2.54. The van der Waals surface area contributed by atoms with Crippen molar-refractivity contribution in [1.29, 1.82) is 0 Å². The summed E-state index contributed by atoms with van der Waals surface area (Å²) in [6.07, 6.45) is 27.0. The monoisotopic (exact) mass is 1910 g/mol. The van der Waals surface area contributed by atoms with Gasteiger partial charge in [0.1, 0.15) is 0 Å². The van der Waals surface area contributed by atoms with Crippen molar-refractivity contribution in [3.8, 4) is 167 Å². The van der Waals surface area contributed by atoms with E-state index in [1.807, 2.05) is 136 Å². The molecule has 17 rings (SSSR count). The lowest BCUT2D eigenvalue weighted by atomic mass is 9.97. The molecular formula is C118H110S12. The zero-order valence-electron chi connectivity index (χ0n) is 75.8. The highest BCUT2D eigenvalue weighted by Gasteiger charge is 2.29. The first-order chi connectivity index (χ1) is 64.1. The van der Waals surface area contributed by atoms with Crippen molar-refractivity contribution >= 4 is 136 Å². The van der Waals surface area contributed by atoms with Crippen molar-refractivity contribution in [1.82, 2.24) is 0 Å². The lowest BCUT2D eigenvalue weighted by Crippen LogP contribution is -1.94. The highest BCUT2D eigenvalue weighted by atomic mass is 32.1. The van der Waals surface area contributed by atoms with Gasteiger partial charge in [0, 0.05) is 120 Å². The van der Waals surface area contributed by atoms with E-state index in [1.165, 1.54) is 164 Å². The van der Waals surface area contributed by atoms with Crippen molar-refractivity contribution in [2.75, 3.05) is 0 Å². The molecule has 0 amide bonds. The van der Waals surface area contributed by atoms with Gasteiger partial charge >= 0.3 is 0 Å².